The Bertz CT molecular complexity index is 186. The molecule has 0 unspecified atom stereocenters. The molecule has 10 heavy (non-hydrogen) atoms. The van der Waals surface area contributed by atoms with Gasteiger partial charge < -0.3 is 5.48 Å². The first-order valence-corrected chi connectivity index (χ1v) is 2.83. The standard InChI is InChI=1S/C7H9N2.H2O/c1-2-5-9-6-3-4-8-7-9;/h2-4,6-7H,1,5H2;1H2/q+1;/p-1. The second kappa shape index (κ2) is 4.64. The van der Waals surface area contributed by atoms with Gasteiger partial charge in [-0.25, -0.2) is 4.57 Å². The molecule has 0 aliphatic heterocycles. The van der Waals surface area contributed by atoms with Crippen LogP contribution < -0.4 is 4.57 Å². The van der Waals surface area contributed by atoms with Crippen molar-refractivity contribution in [3.63, 3.8) is 0 Å². The first-order valence-electron chi connectivity index (χ1n) is 2.83. The van der Waals surface area contributed by atoms with Crippen LogP contribution in [0.3, 0.4) is 0 Å². The van der Waals surface area contributed by atoms with Crippen molar-refractivity contribution in [3.05, 3.63) is 37.4 Å². The fourth-order valence-corrected chi connectivity index (χ4v) is 0.618. The van der Waals surface area contributed by atoms with Crippen LogP contribution in [-0.4, -0.2) is 10.5 Å². The lowest BCUT2D eigenvalue weighted by molar-refractivity contribution is -0.689. The zero-order chi connectivity index (χ0) is 6.53. The smallest absolute Gasteiger partial charge is 0.286 e. The van der Waals surface area contributed by atoms with E-state index in [0.29, 0.717) is 0 Å². The molecule has 1 heterocycles. The van der Waals surface area contributed by atoms with Crippen molar-refractivity contribution in [2.24, 2.45) is 0 Å². The van der Waals surface area contributed by atoms with Gasteiger partial charge in [0.25, 0.3) is 6.33 Å². The van der Waals surface area contributed by atoms with Crippen LogP contribution in [0, 0.1) is 0 Å². The molecule has 0 aliphatic carbocycles. The Kier molecular flexibility index (Phi) is 4.07. The minimum Gasteiger partial charge on any atom is -0.870 e. The summed E-state index contributed by atoms with van der Waals surface area (Å²) in [5.74, 6) is 0. The van der Waals surface area contributed by atoms with Gasteiger partial charge in [0.05, 0.1) is 6.20 Å². The molecule has 3 nitrogen and oxygen atoms in total. The van der Waals surface area contributed by atoms with Gasteiger partial charge in [0.1, 0.15) is 12.7 Å². The minimum absolute atomic E-state index is 0. The molecule has 0 aromatic carbocycles. The number of allylic oxidation sites excluding steroid dienone is 1. The van der Waals surface area contributed by atoms with Crippen LogP contribution in [0.15, 0.2) is 37.4 Å². The third kappa shape index (κ3) is 2.37. The third-order valence-electron chi connectivity index (χ3n) is 1.00. The van der Waals surface area contributed by atoms with Crippen molar-refractivity contribution < 1.29 is 10.0 Å². The van der Waals surface area contributed by atoms with Crippen LogP contribution in [0.25, 0.3) is 0 Å². The molecule has 0 amide bonds. The predicted octanol–water partition coefficient (Wildman–Crippen LogP) is 0.378. The van der Waals surface area contributed by atoms with Gasteiger partial charge in [-0.1, -0.05) is 17.6 Å². The van der Waals surface area contributed by atoms with Crippen molar-refractivity contribution in [1.29, 1.82) is 0 Å². The van der Waals surface area contributed by atoms with Crippen LogP contribution in [0.4, 0.5) is 0 Å². The molecule has 0 fully saturated rings. The number of rotatable bonds is 2. The van der Waals surface area contributed by atoms with E-state index in [-0.39, 0.29) is 5.48 Å². The van der Waals surface area contributed by atoms with Gasteiger partial charge in [-0.15, -0.1) is 0 Å². The molecule has 1 aromatic rings. The molecule has 0 saturated carbocycles. The Morgan fingerprint density at radius 1 is 1.60 bits per heavy atom. The average Bonchev–Trinajstić information content (AvgIpc) is 1.91. The lowest BCUT2D eigenvalue weighted by atomic mass is 10.6. The summed E-state index contributed by atoms with van der Waals surface area (Å²) in [4.78, 5) is 3.92. The molecule has 0 atom stereocenters. The molecule has 0 radical (unpaired) electrons. The predicted molar refractivity (Wildman–Crippen MR) is 36.6 cm³/mol. The van der Waals surface area contributed by atoms with Gasteiger partial charge in [0, 0.05) is 6.07 Å². The summed E-state index contributed by atoms with van der Waals surface area (Å²) in [5.41, 5.74) is 0. The van der Waals surface area contributed by atoms with E-state index in [0.717, 1.165) is 6.54 Å². The molecular formula is C7H10N2O. The van der Waals surface area contributed by atoms with E-state index in [2.05, 4.69) is 11.6 Å². The Balaban J connectivity index is 0.000000810. The molecule has 0 aliphatic rings. The normalized spacial score (nSPS) is 8.00. The summed E-state index contributed by atoms with van der Waals surface area (Å²) >= 11 is 0. The highest BCUT2D eigenvalue weighted by Gasteiger charge is 1.87. The monoisotopic (exact) mass is 138 g/mol. The fourth-order valence-electron chi connectivity index (χ4n) is 0.618. The fraction of sp³-hybridized carbons (Fsp3) is 0.143. The second-order valence-electron chi connectivity index (χ2n) is 1.74. The van der Waals surface area contributed by atoms with E-state index in [1.54, 1.807) is 12.5 Å². The van der Waals surface area contributed by atoms with Crippen molar-refractivity contribution in [3.8, 4) is 0 Å². The van der Waals surface area contributed by atoms with Crippen molar-refractivity contribution in [1.82, 2.24) is 4.98 Å². The van der Waals surface area contributed by atoms with Crippen LogP contribution in [0.5, 0.6) is 0 Å². The molecule has 1 rings (SSSR count). The highest BCUT2D eigenvalue weighted by atomic mass is 16.0. The van der Waals surface area contributed by atoms with Gasteiger partial charge in [-0.3, -0.25) is 0 Å². The van der Waals surface area contributed by atoms with E-state index in [1.807, 2.05) is 22.9 Å². The number of aromatic nitrogens is 2. The minimum atomic E-state index is 0. The topological polar surface area (TPSA) is 46.8 Å². The Morgan fingerprint density at radius 3 is 2.90 bits per heavy atom. The zero-order valence-corrected chi connectivity index (χ0v) is 5.64. The van der Waals surface area contributed by atoms with Gasteiger partial charge in [-0.05, 0) is 0 Å². The van der Waals surface area contributed by atoms with Gasteiger partial charge >= 0.3 is 0 Å². The lowest BCUT2D eigenvalue weighted by Crippen LogP contribution is -2.31. The summed E-state index contributed by atoms with van der Waals surface area (Å²) in [6.45, 7) is 4.43. The van der Waals surface area contributed by atoms with Crippen molar-refractivity contribution in [2.45, 2.75) is 6.54 Å². The largest absolute Gasteiger partial charge is 0.870 e. The van der Waals surface area contributed by atoms with E-state index in [9.17, 15) is 0 Å². The molecule has 1 aromatic heterocycles. The number of hydrogen-bond acceptors (Lipinski definition) is 2. The molecular weight excluding hydrogens is 128 g/mol. The Labute approximate surface area is 60.0 Å². The second-order valence-corrected chi connectivity index (χ2v) is 1.74. The van der Waals surface area contributed by atoms with Gasteiger partial charge in [0.15, 0.2) is 0 Å². The van der Waals surface area contributed by atoms with Crippen LogP contribution >= 0.6 is 0 Å². The van der Waals surface area contributed by atoms with E-state index in [1.165, 1.54) is 0 Å². The summed E-state index contributed by atoms with van der Waals surface area (Å²) in [7, 11) is 0. The SMILES string of the molecule is C=CC[n+]1cccnc1.[OH-]. The van der Waals surface area contributed by atoms with E-state index < -0.39 is 0 Å². The maximum Gasteiger partial charge on any atom is 0.286 e. The Hall–Kier alpha value is -1.22. The quantitative estimate of drug-likeness (QED) is 0.438. The summed E-state index contributed by atoms with van der Waals surface area (Å²) in [6, 6.07) is 1.89. The zero-order valence-electron chi connectivity index (χ0n) is 5.64. The van der Waals surface area contributed by atoms with Crippen LogP contribution in [0.1, 0.15) is 0 Å². The number of hydrogen-bond donors (Lipinski definition) is 0. The third-order valence-corrected chi connectivity index (χ3v) is 1.00. The lowest BCUT2D eigenvalue weighted by Gasteiger charge is -1.87. The maximum atomic E-state index is 3.92. The van der Waals surface area contributed by atoms with E-state index in [4.69, 9.17) is 0 Å². The van der Waals surface area contributed by atoms with Gasteiger partial charge in [0.2, 0.25) is 0 Å². The van der Waals surface area contributed by atoms with Crippen LogP contribution in [0.2, 0.25) is 0 Å². The summed E-state index contributed by atoms with van der Waals surface area (Å²) < 4.78 is 1.95. The number of nitrogens with zero attached hydrogens (tertiary/aromatic N) is 2. The highest BCUT2D eigenvalue weighted by molar-refractivity contribution is 4.70. The summed E-state index contributed by atoms with van der Waals surface area (Å²) in [6.07, 6.45) is 7.30. The highest BCUT2D eigenvalue weighted by Crippen LogP contribution is 1.70. The van der Waals surface area contributed by atoms with Gasteiger partial charge in [-0.2, -0.15) is 0 Å². The molecule has 1 N–H and O–H groups in total. The summed E-state index contributed by atoms with van der Waals surface area (Å²) in [5, 5.41) is 0. The average molecular weight is 138 g/mol. The molecule has 3 heteroatoms. The first kappa shape index (κ1) is 8.78. The molecule has 54 valence electrons. The maximum absolute atomic E-state index is 3.92. The Morgan fingerprint density at radius 2 is 2.40 bits per heavy atom. The van der Waals surface area contributed by atoms with E-state index >= 15 is 0 Å². The van der Waals surface area contributed by atoms with Crippen LogP contribution in [-0.2, 0) is 6.54 Å². The van der Waals surface area contributed by atoms with Crippen molar-refractivity contribution in [2.75, 3.05) is 0 Å². The molecule has 0 saturated heterocycles. The first-order chi connectivity index (χ1) is 4.43. The molecule has 0 bridgehead atoms. The molecule has 0 spiro atoms. The van der Waals surface area contributed by atoms with Crippen molar-refractivity contribution >= 4 is 0 Å².